The minimum Gasteiger partial charge on any atom is -0.506 e. The summed E-state index contributed by atoms with van der Waals surface area (Å²) < 4.78 is 13.5. The molecule has 5 heteroatoms. The van der Waals surface area contributed by atoms with Crippen LogP contribution in [0.1, 0.15) is 5.56 Å². The molecule has 0 aliphatic heterocycles. The molecule has 0 atom stereocenters. The number of hydrogen-bond acceptors (Lipinski definition) is 2. The molecule has 0 aliphatic rings. The van der Waals surface area contributed by atoms with Gasteiger partial charge in [0.15, 0.2) is 0 Å². The summed E-state index contributed by atoms with van der Waals surface area (Å²) in [6.45, 7) is 0.401. The summed E-state index contributed by atoms with van der Waals surface area (Å²) in [6.07, 6.45) is 0. The van der Waals surface area contributed by atoms with E-state index in [1.807, 2.05) is 0 Å². The highest BCUT2D eigenvalue weighted by atomic mass is 35.5. The molecule has 18 heavy (non-hydrogen) atoms. The quantitative estimate of drug-likeness (QED) is 0.873. The smallest absolute Gasteiger partial charge is 0.147 e. The van der Waals surface area contributed by atoms with Crippen molar-refractivity contribution in [1.82, 2.24) is 0 Å². The molecule has 0 saturated heterocycles. The lowest BCUT2D eigenvalue weighted by atomic mass is 10.2. The minimum absolute atomic E-state index is 0.0260. The molecule has 2 aromatic carbocycles. The first kappa shape index (κ1) is 13.0. The lowest BCUT2D eigenvalue weighted by Gasteiger charge is -2.08. The van der Waals surface area contributed by atoms with Gasteiger partial charge in [-0.1, -0.05) is 29.3 Å². The van der Waals surface area contributed by atoms with Crippen LogP contribution in [0.4, 0.5) is 10.1 Å². The number of aromatic hydroxyl groups is 1. The van der Waals surface area contributed by atoms with Gasteiger partial charge in [0, 0.05) is 11.6 Å². The first-order valence-corrected chi connectivity index (χ1v) is 5.98. The SMILES string of the molecule is Oc1ccc(CNc2ccc(Cl)cc2F)cc1Cl. The molecule has 2 N–H and O–H groups in total. The predicted molar refractivity (Wildman–Crippen MR) is 71.9 cm³/mol. The molecule has 94 valence electrons. The van der Waals surface area contributed by atoms with Crippen LogP contribution in [0.2, 0.25) is 10.0 Å². The van der Waals surface area contributed by atoms with E-state index in [2.05, 4.69) is 5.32 Å². The fourth-order valence-electron chi connectivity index (χ4n) is 1.49. The Morgan fingerprint density at radius 3 is 2.56 bits per heavy atom. The van der Waals surface area contributed by atoms with Gasteiger partial charge in [-0.2, -0.15) is 0 Å². The molecule has 0 aliphatic carbocycles. The van der Waals surface area contributed by atoms with E-state index in [0.717, 1.165) is 5.56 Å². The van der Waals surface area contributed by atoms with E-state index in [1.54, 1.807) is 24.3 Å². The molecule has 0 bridgehead atoms. The number of halogens is 3. The van der Waals surface area contributed by atoms with Crippen molar-refractivity contribution in [2.24, 2.45) is 0 Å². The zero-order valence-electron chi connectivity index (χ0n) is 9.25. The maximum Gasteiger partial charge on any atom is 0.147 e. The third-order valence-corrected chi connectivity index (χ3v) is 2.96. The van der Waals surface area contributed by atoms with Crippen molar-refractivity contribution in [2.45, 2.75) is 6.54 Å². The Morgan fingerprint density at radius 1 is 1.11 bits per heavy atom. The highest BCUT2D eigenvalue weighted by Gasteiger charge is 2.04. The topological polar surface area (TPSA) is 32.3 Å². The van der Waals surface area contributed by atoms with Crippen molar-refractivity contribution in [3.8, 4) is 5.75 Å². The average Bonchev–Trinajstić information content (AvgIpc) is 2.32. The molecule has 0 amide bonds. The summed E-state index contributed by atoms with van der Waals surface area (Å²) in [5.41, 5.74) is 1.20. The van der Waals surface area contributed by atoms with Gasteiger partial charge in [0.1, 0.15) is 11.6 Å². The van der Waals surface area contributed by atoms with Crippen LogP contribution in [-0.4, -0.2) is 5.11 Å². The van der Waals surface area contributed by atoms with E-state index in [0.29, 0.717) is 17.3 Å². The first-order valence-electron chi connectivity index (χ1n) is 5.22. The highest BCUT2D eigenvalue weighted by molar-refractivity contribution is 6.32. The van der Waals surface area contributed by atoms with Gasteiger partial charge in [0.25, 0.3) is 0 Å². The van der Waals surface area contributed by atoms with Gasteiger partial charge in [-0.15, -0.1) is 0 Å². The second kappa shape index (κ2) is 5.46. The maximum atomic E-state index is 13.5. The lowest BCUT2D eigenvalue weighted by Crippen LogP contribution is -2.01. The molecule has 0 unspecified atom stereocenters. The van der Waals surface area contributed by atoms with Gasteiger partial charge in [0.05, 0.1) is 10.7 Å². The number of phenols is 1. The van der Waals surface area contributed by atoms with Gasteiger partial charge < -0.3 is 10.4 Å². The second-order valence-electron chi connectivity index (χ2n) is 3.76. The normalized spacial score (nSPS) is 10.4. The summed E-state index contributed by atoms with van der Waals surface area (Å²) in [4.78, 5) is 0. The van der Waals surface area contributed by atoms with Gasteiger partial charge in [0.2, 0.25) is 0 Å². The lowest BCUT2D eigenvalue weighted by molar-refractivity contribution is 0.475. The van der Waals surface area contributed by atoms with Crippen molar-refractivity contribution < 1.29 is 9.50 Å². The standard InChI is InChI=1S/C13H10Cl2FNO/c14-9-2-3-12(11(16)6-9)17-7-8-1-4-13(18)10(15)5-8/h1-6,17-18H,7H2. The molecule has 2 rings (SSSR count). The number of phenolic OH excluding ortho intramolecular Hbond substituents is 1. The summed E-state index contributed by atoms with van der Waals surface area (Å²) in [5, 5.41) is 12.8. The number of nitrogens with one attached hydrogen (secondary N) is 1. The number of hydrogen-bond donors (Lipinski definition) is 2. The fraction of sp³-hybridized carbons (Fsp3) is 0.0769. The summed E-state index contributed by atoms with van der Waals surface area (Å²) in [5.74, 6) is -0.384. The summed E-state index contributed by atoms with van der Waals surface area (Å²) in [6, 6.07) is 9.25. The van der Waals surface area contributed by atoms with E-state index in [9.17, 15) is 9.50 Å². The highest BCUT2D eigenvalue weighted by Crippen LogP contribution is 2.24. The monoisotopic (exact) mass is 285 g/mol. The molecule has 0 fully saturated rings. The largest absolute Gasteiger partial charge is 0.506 e. The van der Waals surface area contributed by atoms with Crippen molar-refractivity contribution in [1.29, 1.82) is 0 Å². The predicted octanol–water partition coefficient (Wildman–Crippen LogP) is 4.45. The Balaban J connectivity index is 2.09. The van der Waals surface area contributed by atoms with Gasteiger partial charge >= 0.3 is 0 Å². The molecule has 0 heterocycles. The van der Waals surface area contributed by atoms with Crippen LogP contribution in [0.5, 0.6) is 5.75 Å². The maximum absolute atomic E-state index is 13.5. The third-order valence-electron chi connectivity index (χ3n) is 2.43. The molecular weight excluding hydrogens is 276 g/mol. The van der Waals surface area contributed by atoms with E-state index in [1.165, 1.54) is 12.1 Å². The number of benzene rings is 2. The minimum atomic E-state index is -0.410. The Morgan fingerprint density at radius 2 is 1.89 bits per heavy atom. The molecule has 0 spiro atoms. The Bertz CT molecular complexity index is 575. The fourth-order valence-corrected chi connectivity index (χ4v) is 1.85. The van der Waals surface area contributed by atoms with E-state index in [4.69, 9.17) is 23.2 Å². The zero-order chi connectivity index (χ0) is 13.1. The number of rotatable bonds is 3. The molecule has 2 nitrogen and oxygen atoms in total. The van der Waals surface area contributed by atoms with Crippen molar-refractivity contribution >= 4 is 28.9 Å². The Hall–Kier alpha value is -1.45. The van der Waals surface area contributed by atoms with Crippen LogP contribution in [0.15, 0.2) is 36.4 Å². The Kier molecular flexibility index (Phi) is 3.94. The molecular formula is C13H10Cl2FNO. The van der Waals surface area contributed by atoms with Crippen LogP contribution in [0.3, 0.4) is 0 Å². The molecule has 0 radical (unpaired) electrons. The van der Waals surface area contributed by atoms with Gasteiger partial charge in [-0.3, -0.25) is 0 Å². The summed E-state index contributed by atoms with van der Waals surface area (Å²) in [7, 11) is 0. The molecule has 2 aromatic rings. The molecule has 0 aromatic heterocycles. The van der Waals surface area contributed by atoms with Crippen molar-refractivity contribution in [2.75, 3.05) is 5.32 Å². The van der Waals surface area contributed by atoms with Crippen LogP contribution in [0, 0.1) is 5.82 Å². The van der Waals surface area contributed by atoms with Gasteiger partial charge in [-0.25, -0.2) is 4.39 Å². The van der Waals surface area contributed by atoms with Crippen LogP contribution in [0.25, 0.3) is 0 Å². The van der Waals surface area contributed by atoms with Crippen molar-refractivity contribution in [3.63, 3.8) is 0 Å². The number of anilines is 1. The van der Waals surface area contributed by atoms with Crippen LogP contribution >= 0.6 is 23.2 Å². The van der Waals surface area contributed by atoms with Gasteiger partial charge in [-0.05, 0) is 35.9 Å². The average molecular weight is 286 g/mol. The Labute approximate surface area is 114 Å². The first-order chi connectivity index (χ1) is 8.56. The zero-order valence-corrected chi connectivity index (χ0v) is 10.8. The van der Waals surface area contributed by atoms with Crippen LogP contribution < -0.4 is 5.32 Å². The second-order valence-corrected chi connectivity index (χ2v) is 4.61. The van der Waals surface area contributed by atoms with E-state index < -0.39 is 5.82 Å². The van der Waals surface area contributed by atoms with E-state index in [-0.39, 0.29) is 10.8 Å². The van der Waals surface area contributed by atoms with Crippen molar-refractivity contribution in [3.05, 3.63) is 57.8 Å². The third kappa shape index (κ3) is 3.06. The van der Waals surface area contributed by atoms with E-state index >= 15 is 0 Å². The molecule has 0 saturated carbocycles. The summed E-state index contributed by atoms with van der Waals surface area (Å²) >= 11 is 11.4. The van der Waals surface area contributed by atoms with Crippen LogP contribution in [-0.2, 0) is 6.54 Å².